The summed E-state index contributed by atoms with van der Waals surface area (Å²) in [5.74, 6) is -9.87. The zero-order valence-electron chi connectivity index (χ0n) is 39.4. The molecule has 7 amide bonds. The first-order valence-electron chi connectivity index (χ1n) is 22.7. The number of Topliss-reactive ketones (excluding diaryl/α,β-unsaturated/α-hetero) is 1. The highest BCUT2D eigenvalue weighted by Gasteiger charge is 2.47. The summed E-state index contributed by atoms with van der Waals surface area (Å²) in [5, 5.41) is 32.1. The van der Waals surface area contributed by atoms with Crippen molar-refractivity contribution in [3.63, 3.8) is 0 Å². The molecule has 1 aromatic carbocycles. The number of nitrogens with zero attached hydrogens (tertiary/aromatic N) is 2. The van der Waals surface area contributed by atoms with Crippen molar-refractivity contribution in [2.45, 2.75) is 162 Å². The second kappa shape index (κ2) is 24.1. The van der Waals surface area contributed by atoms with Gasteiger partial charge in [0, 0.05) is 38.1 Å². The minimum Gasteiger partial charge on any atom is -0.508 e. The molecular weight excluding hydrogens is 843 g/mol. The van der Waals surface area contributed by atoms with Gasteiger partial charge in [0.25, 0.3) is 0 Å². The Balaban J connectivity index is 2.24. The van der Waals surface area contributed by atoms with Crippen LogP contribution in [0.1, 0.15) is 113 Å². The molecule has 0 saturated carbocycles. The zero-order chi connectivity index (χ0) is 49.0. The molecule has 1 aromatic rings. The van der Waals surface area contributed by atoms with Crippen molar-refractivity contribution in [3.8, 4) is 5.75 Å². The molecule has 362 valence electrons. The van der Waals surface area contributed by atoms with Gasteiger partial charge in [0.1, 0.15) is 60.1 Å². The predicted octanol–water partition coefficient (Wildman–Crippen LogP) is 1.20. The van der Waals surface area contributed by atoms with Gasteiger partial charge in [-0.25, -0.2) is 4.79 Å². The first kappa shape index (κ1) is 53.7. The zero-order valence-corrected chi connectivity index (χ0v) is 39.4. The van der Waals surface area contributed by atoms with Crippen molar-refractivity contribution in [2.75, 3.05) is 7.05 Å². The van der Waals surface area contributed by atoms with E-state index in [-0.39, 0.29) is 62.4 Å². The van der Waals surface area contributed by atoms with E-state index in [0.29, 0.717) is 12.0 Å². The van der Waals surface area contributed by atoms with Crippen molar-refractivity contribution in [1.29, 1.82) is 0 Å². The number of phenols is 1. The number of ketones is 1. The number of fused-ring (bicyclic) bond motifs is 2. The quantitative estimate of drug-likeness (QED) is 0.122. The Hall–Kier alpha value is -5.59. The monoisotopic (exact) mass is 914 g/mol. The SMILES string of the molecule is CCC(C)[C@H]1C(=O)N(C)[C@@H](Cc2ccc(O)cc2)C(=O)N[C@@H](C(C)C)C(=O)O[C@H](C)[C@H](NC(=O)[C@H](CCC(N)=O)CC(=O)C(C)C)C(=O)N[C@@H](CC(C)C)C(=O)NC2CC[C@H](O)N1C2=O. The van der Waals surface area contributed by atoms with E-state index in [2.05, 4.69) is 21.3 Å². The first-order valence-corrected chi connectivity index (χ1v) is 22.7. The van der Waals surface area contributed by atoms with E-state index in [1.807, 2.05) is 0 Å². The molecule has 2 unspecified atom stereocenters. The van der Waals surface area contributed by atoms with Crippen LogP contribution in [0.4, 0.5) is 0 Å². The summed E-state index contributed by atoms with van der Waals surface area (Å²) in [5.41, 5.74) is 5.92. The van der Waals surface area contributed by atoms with E-state index in [9.17, 15) is 53.4 Å². The normalized spacial score (nSPS) is 26.3. The lowest BCUT2D eigenvalue weighted by molar-refractivity contribution is -0.168. The van der Waals surface area contributed by atoms with Gasteiger partial charge in [-0.15, -0.1) is 0 Å². The highest BCUT2D eigenvalue weighted by molar-refractivity contribution is 5.98. The van der Waals surface area contributed by atoms with Crippen LogP contribution in [0.2, 0.25) is 0 Å². The summed E-state index contributed by atoms with van der Waals surface area (Å²) >= 11 is 0. The van der Waals surface area contributed by atoms with Gasteiger partial charge in [0.05, 0.1) is 0 Å². The molecule has 2 bridgehead atoms. The van der Waals surface area contributed by atoms with Crippen LogP contribution in [-0.2, 0) is 54.3 Å². The lowest BCUT2D eigenvalue weighted by Gasteiger charge is -2.44. The fourth-order valence-electron chi connectivity index (χ4n) is 7.94. The molecule has 3 rings (SSSR count). The van der Waals surface area contributed by atoms with E-state index < -0.39 is 120 Å². The van der Waals surface area contributed by atoms with E-state index in [1.165, 1.54) is 26.1 Å². The number of nitrogens with two attached hydrogens (primary N) is 1. The Morgan fingerprint density at radius 3 is 2.08 bits per heavy atom. The number of benzene rings is 1. The van der Waals surface area contributed by atoms with Crippen molar-refractivity contribution >= 4 is 53.1 Å². The lowest BCUT2D eigenvalue weighted by atomic mass is 9.91. The number of esters is 1. The number of primary amides is 1. The maximum atomic E-state index is 14.8. The summed E-state index contributed by atoms with van der Waals surface area (Å²) in [6, 6.07) is -2.35. The van der Waals surface area contributed by atoms with Crippen molar-refractivity contribution in [1.82, 2.24) is 31.1 Å². The van der Waals surface area contributed by atoms with Gasteiger partial charge in [-0.2, -0.15) is 0 Å². The summed E-state index contributed by atoms with van der Waals surface area (Å²) in [7, 11) is 1.38. The number of aliphatic hydroxyl groups excluding tert-OH is 1. The molecule has 2 aliphatic rings. The third-order valence-corrected chi connectivity index (χ3v) is 12.2. The predicted molar refractivity (Wildman–Crippen MR) is 238 cm³/mol. The second-order valence-electron chi connectivity index (χ2n) is 18.6. The van der Waals surface area contributed by atoms with Gasteiger partial charge >= 0.3 is 5.97 Å². The Morgan fingerprint density at radius 1 is 0.892 bits per heavy atom. The summed E-state index contributed by atoms with van der Waals surface area (Å²) in [6.07, 6.45) is -3.34. The number of aromatic hydroxyl groups is 1. The number of cyclic esters (lactones) is 1. The Kier molecular flexibility index (Phi) is 19.9. The maximum Gasteiger partial charge on any atom is 0.329 e. The van der Waals surface area contributed by atoms with Crippen LogP contribution in [0.15, 0.2) is 24.3 Å². The average molecular weight is 914 g/mol. The second-order valence-corrected chi connectivity index (χ2v) is 18.6. The van der Waals surface area contributed by atoms with Gasteiger partial charge < -0.3 is 51.8 Å². The minimum atomic E-state index is -1.70. The number of aliphatic hydroxyl groups is 1. The van der Waals surface area contributed by atoms with Crippen LogP contribution < -0.4 is 27.0 Å². The van der Waals surface area contributed by atoms with E-state index >= 15 is 0 Å². The number of hydrogen-bond acceptors (Lipinski definition) is 12. The molecule has 10 atom stereocenters. The maximum absolute atomic E-state index is 14.8. The molecule has 19 heteroatoms. The molecule has 8 N–H and O–H groups in total. The molecule has 2 aliphatic heterocycles. The number of carbonyl (C=O) groups excluding carboxylic acids is 9. The molecule has 0 aromatic heterocycles. The number of likely N-dealkylation sites (N-methyl/N-ethyl adjacent to an activating group) is 1. The third-order valence-electron chi connectivity index (χ3n) is 12.2. The molecule has 0 aliphatic carbocycles. The standard InChI is InChI=1S/C46H71N7O12/c1-11-26(8)39-45(63)52(10)33(21-28-12-15-30(54)16-13-28)42(60)50-37(25(6)7)46(64)65-27(9)38(51-40(58)29(14-18-35(47)56)22-34(55)24(4)5)43(61)49-32(20-23(2)3)41(59)48-31-17-19-36(57)53(39)44(31)62/h12-13,15-16,23-27,29,31-33,36-39,54,57H,11,14,17-22H2,1-10H3,(H2,47,56)(H,48,59)(H,49,61)(H,50,60)(H,51,58)/t26?,27-,29-,31?,32+,33+,36+,37+,38+,39+/m1/s1. The molecular formula is C46H71N7O12. The van der Waals surface area contributed by atoms with Gasteiger partial charge in [0.15, 0.2) is 0 Å². The van der Waals surface area contributed by atoms with Crippen LogP contribution in [-0.4, -0.2) is 129 Å². The highest BCUT2D eigenvalue weighted by Crippen LogP contribution is 2.28. The van der Waals surface area contributed by atoms with E-state index in [0.717, 1.165) is 9.80 Å². The van der Waals surface area contributed by atoms with Crippen LogP contribution >= 0.6 is 0 Å². The first-order chi connectivity index (χ1) is 30.4. The van der Waals surface area contributed by atoms with Gasteiger partial charge in [-0.1, -0.05) is 73.9 Å². The number of carbonyl (C=O) groups is 9. The topological polar surface area (TPSA) is 284 Å². The van der Waals surface area contributed by atoms with E-state index in [1.54, 1.807) is 67.5 Å². The van der Waals surface area contributed by atoms with Gasteiger partial charge in [-0.05, 0) is 68.1 Å². The number of ether oxygens (including phenoxy) is 1. The molecule has 0 spiro atoms. The fourth-order valence-corrected chi connectivity index (χ4v) is 7.94. The molecule has 0 radical (unpaired) electrons. The Bertz CT molecular complexity index is 1890. The largest absolute Gasteiger partial charge is 0.508 e. The van der Waals surface area contributed by atoms with Crippen molar-refractivity contribution in [3.05, 3.63) is 29.8 Å². The van der Waals surface area contributed by atoms with Gasteiger partial charge in [-0.3, -0.25) is 38.4 Å². The van der Waals surface area contributed by atoms with Crippen LogP contribution in [0.25, 0.3) is 0 Å². The number of hydrogen-bond donors (Lipinski definition) is 7. The smallest absolute Gasteiger partial charge is 0.329 e. The van der Waals surface area contributed by atoms with Crippen molar-refractivity contribution in [2.24, 2.45) is 35.3 Å². The number of rotatable bonds is 15. The molecule has 2 fully saturated rings. The van der Waals surface area contributed by atoms with E-state index in [4.69, 9.17) is 10.5 Å². The van der Waals surface area contributed by atoms with Crippen molar-refractivity contribution < 1.29 is 58.1 Å². The molecule has 2 saturated heterocycles. The van der Waals surface area contributed by atoms with Gasteiger partial charge in [0.2, 0.25) is 41.4 Å². The highest BCUT2D eigenvalue weighted by atomic mass is 16.5. The number of amides is 7. The summed E-state index contributed by atoms with van der Waals surface area (Å²) in [6.45, 7) is 15.0. The number of phenolic OH excluding ortho intramolecular Hbond substituents is 1. The minimum absolute atomic E-state index is 0.0161. The van der Waals surface area contributed by atoms with Crippen LogP contribution in [0.3, 0.4) is 0 Å². The molecule has 19 nitrogen and oxygen atoms in total. The van der Waals surface area contributed by atoms with Crippen LogP contribution in [0, 0.1) is 29.6 Å². The van der Waals surface area contributed by atoms with Crippen LogP contribution in [0.5, 0.6) is 5.75 Å². The molecule has 2 heterocycles. The fraction of sp³-hybridized carbons (Fsp3) is 0.674. The summed E-state index contributed by atoms with van der Waals surface area (Å²) < 4.78 is 5.86. The number of piperidine rings is 1. The number of nitrogens with one attached hydrogen (secondary N) is 4. The third kappa shape index (κ3) is 14.7. The lowest BCUT2D eigenvalue weighted by Crippen LogP contribution is -2.66. The Labute approximate surface area is 381 Å². The summed E-state index contributed by atoms with van der Waals surface area (Å²) in [4.78, 5) is 127. The Morgan fingerprint density at radius 2 is 1.52 bits per heavy atom. The molecule has 65 heavy (non-hydrogen) atoms. The average Bonchev–Trinajstić information content (AvgIpc) is 3.23.